The monoisotopic (exact) mass is 228 g/mol. The Kier molecular flexibility index (Phi) is 5.51. The van der Waals surface area contributed by atoms with Gasteiger partial charge in [-0.25, -0.2) is 0 Å². The molecule has 1 heterocycles. The van der Waals surface area contributed by atoms with Crippen molar-refractivity contribution in [3.8, 4) is 0 Å². The fourth-order valence-electron chi connectivity index (χ4n) is 1.57. The summed E-state index contributed by atoms with van der Waals surface area (Å²) in [4.78, 5) is 4.62. The van der Waals surface area contributed by atoms with Crippen LogP contribution in [0.1, 0.15) is 40.5 Å². The highest BCUT2D eigenvalue weighted by Crippen LogP contribution is 2.18. The van der Waals surface area contributed by atoms with Gasteiger partial charge in [0, 0.05) is 18.3 Å². The van der Waals surface area contributed by atoms with Crippen LogP contribution < -0.4 is 5.32 Å². The van der Waals surface area contributed by atoms with Crippen LogP contribution in [0, 0.1) is 11.8 Å². The molecule has 1 N–H and O–H groups in total. The van der Waals surface area contributed by atoms with Crippen LogP contribution in [0.4, 0.5) is 0 Å². The summed E-state index contributed by atoms with van der Waals surface area (Å²) in [5.41, 5.74) is 0. The van der Waals surface area contributed by atoms with Crippen molar-refractivity contribution in [2.75, 3.05) is 12.3 Å². The van der Waals surface area contributed by atoms with Gasteiger partial charge in [-0.05, 0) is 24.7 Å². The van der Waals surface area contributed by atoms with Crippen molar-refractivity contribution in [1.29, 1.82) is 0 Å². The second-order valence-electron chi connectivity index (χ2n) is 5.00. The van der Waals surface area contributed by atoms with Crippen molar-refractivity contribution in [3.05, 3.63) is 0 Å². The molecule has 1 saturated heterocycles. The van der Waals surface area contributed by atoms with E-state index in [1.54, 1.807) is 0 Å². The maximum atomic E-state index is 4.62. The summed E-state index contributed by atoms with van der Waals surface area (Å²) in [5, 5.41) is 4.71. The molecule has 0 aromatic rings. The Morgan fingerprint density at radius 1 is 1.40 bits per heavy atom. The molecule has 1 rings (SSSR count). The van der Waals surface area contributed by atoms with Gasteiger partial charge in [-0.2, -0.15) is 0 Å². The Morgan fingerprint density at radius 2 is 2.13 bits per heavy atom. The fraction of sp³-hybridized carbons (Fsp3) is 0.917. The predicted octanol–water partition coefficient (Wildman–Crippen LogP) is 3.14. The molecular formula is C12H24N2S. The van der Waals surface area contributed by atoms with Crippen molar-refractivity contribution in [1.82, 2.24) is 5.32 Å². The minimum absolute atomic E-state index is 0.629. The molecule has 1 aliphatic rings. The minimum Gasteiger partial charge on any atom is -0.362 e. The summed E-state index contributed by atoms with van der Waals surface area (Å²) < 4.78 is 0. The predicted molar refractivity (Wildman–Crippen MR) is 70.6 cm³/mol. The molecule has 1 fully saturated rings. The van der Waals surface area contributed by atoms with Gasteiger partial charge >= 0.3 is 0 Å². The van der Waals surface area contributed by atoms with Crippen LogP contribution in [0.2, 0.25) is 0 Å². The van der Waals surface area contributed by atoms with Crippen molar-refractivity contribution < 1.29 is 0 Å². The van der Waals surface area contributed by atoms with Crippen LogP contribution >= 0.6 is 11.8 Å². The maximum absolute atomic E-state index is 4.62. The molecule has 0 radical (unpaired) electrons. The molecular weight excluding hydrogens is 204 g/mol. The summed E-state index contributed by atoms with van der Waals surface area (Å²) in [6.45, 7) is 10.0. The summed E-state index contributed by atoms with van der Waals surface area (Å²) in [5.74, 6) is 2.68. The first-order chi connectivity index (χ1) is 7.09. The molecule has 3 heteroatoms. The van der Waals surface area contributed by atoms with Gasteiger partial charge in [-0.3, -0.25) is 4.99 Å². The second kappa shape index (κ2) is 6.41. The molecule has 0 saturated carbocycles. The molecule has 1 atom stereocenters. The van der Waals surface area contributed by atoms with E-state index in [-0.39, 0.29) is 0 Å². The van der Waals surface area contributed by atoms with Gasteiger partial charge in [0.2, 0.25) is 0 Å². The zero-order chi connectivity index (χ0) is 11.3. The topological polar surface area (TPSA) is 24.4 Å². The Morgan fingerprint density at radius 3 is 2.73 bits per heavy atom. The number of amidine groups is 1. The molecule has 0 amide bonds. The van der Waals surface area contributed by atoms with Crippen molar-refractivity contribution in [3.63, 3.8) is 0 Å². The van der Waals surface area contributed by atoms with Gasteiger partial charge in [-0.1, -0.05) is 39.5 Å². The standard InChI is InChI=1S/C12H24N2S/c1-9(2)5-7-13-12-14-11(10(3)4)6-8-15-12/h9-11H,5-8H2,1-4H3,(H,13,14). The number of hydrogen-bond acceptors (Lipinski definition) is 2. The van der Waals surface area contributed by atoms with Crippen LogP contribution in [0.25, 0.3) is 0 Å². The first-order valence-corrected chi connectivity index (χ1v) is 7.02. The summed E-state index contributed by atoms with van der Waals surface area (Å²) in [7, 11) is 0. The maximum Gasteiger partial charge on any atom is 0.156 e. The van der Waals surface area contributed by atoms with E-state index in [0.29, 0.717) is 12.0 Å². The van der Waals surface area contributed by atoms with Gasteiger partial charge in [0.25, 0.3) is 0 Å². The van der Waals surface area contributed by atoms with Crippen LogP contribution in [-0.4, -0.2) is 23.5 Å². The van der Waals surface area contributed by atoms with Gasteiger partial charge in [-0.15, -0.1) is 0 Å². The average molecular weight is 228 g/mol. The van der Waals surface area contributed by atoms with Gasteiger partial charge in [0.1, 0.15) is 0 Å². The van der Waals surface area contributed by atoms with E-state index in [9.17, 15) is 0 Å². The summed E-state index contributed by atoms with van der Waals surface area (Å²) >= 11 is 1.87. The molecule has 0 aromatic carbocycles. The highest BCUT2D eigenvalue weighted by atomic mass is 32.2. The highest BCUT2D eigenvalue weighted by molar-refractivity contribution is 8.13. The van der Waals surface area contributed by atoms with E-state index in [4.69, 9.17) is 0 Å². The lowest BCUT2D eigenvalue weighted by molar-refractivity contribution is 0.442. The van der Waals surface area contributed by atoms with E-state index in [0.717, 1.165) is 12.5 Å². The average Bonchev–Trinajstić information content (AvgIpc) is 2.17. The number of nitrogens with one attached hydrogen (secondary N) is 1. The molecule has 15 heavy (non-hydrogen) atoms. The quantitative estimate of drug-likeness (QED) is 0.799. The first-order valence-electron chi connectivity index (χ1n) is 6.03. The van der Waals surface area contributed by atoms with Crippen LogP contribution in [0.15, 0.2) is 4.99 Å². The van der Waals surface area contributed by atoms with Crippen molar-refractivity contribution >= 4 is 16.9 Å². The first kappa shape index (κ1) is 12.9. The number of thioether (sulfide) groups is 1. The second-order valence-corrected chi connectivity index (χ2v) is 6.09. The number of aliphatic imine (C=N–C) groups is 1. The van der Waals surface area contributed by atoms with Crippen molar-refractivity contribution in [2.45, 2.75) is 46.6 Å². The van der Waals surface area contributed by atoms with E-state index < -0.39 is 0 Å². The zero-order valence-corrected chi connectivity index (χ0v) is 11.2. The molecule has 0 bridgehead atoms. The Hall–Kier alpha value is -0.180. The molecule has 1 aliphatic heterocycles. The van der Waals surface area contributed by atoms with Crippen molar-refractivity contribution in [2.24, 2.45) is 16.8 Å². The molecule has 0 spiro atoms. The lowest BCUT2D eigenvalue weighted by Gasteiger charge is -2.28. The number of nitrogens with zero attached hydrogens (tertiary/aromatic N) is 1. The lowest BCUT2D eigenvalue weighted by atomic mass is 10.0. The normalized spacial score (nSPS) is 24.9. The van der Waals surface area contributed by atoms with E-state index in [2.05, 4.69) is 38.0 Å². The lowest BCUT2D eigenvalue weighted by Crippen LogP contribution is -2.41. The Labute approximate surface area is 98.3 Å². The van der Waals surface area contributed by atoms with Crippen LogP contribution in [0.3, 0.4) is 0 Å². The number of hydrogen-bond donors (Lipinski definition) is 1. The smallest absolute Gasteiger partial charge is 0.156 e. The largest absolute Gasteiger partial charge is 0.362 e. The van der Waals surface area contributed by atoms with Crippen LogP contribution in [0.5, 0.6) is 0 Å². The zero-order valence-electron chi connectivity index (χ0n) is 10.4. The molecule has 2 nitrogen and oxygen atoms in total. The Balaban J connectivity index is 2.35. The molecule has 88 valence electrons. The van der Waals surface area contributed by atoms with Crippen LogP contribution in [-0.2, 0) is 0 Å². The highest BCUT2D eigenvalue weighted by Gasteiger charge is 2.19. The van der Waals surface area contributed by atoms with Gasteiger partial charge in [0.15, 0.2) is 5.17 Å². The third kappa shape index (κ3) is 4.92. The van der Waals surface area contributed by atoms with E-state index in [1.807, 2.05) is 11.8 Å². The third-order valence-corrected chi connectivity index (χ3v) is 3.70. The minimum atomic E-state index is 0.629. The third-order valence-electron chi connectivity index (χ3n) is 2.74. The summed E-state index contributed by atoms with van der Waals surface area (Å²) in [6, 6.07) is 0.629. The fourth-order valence-corrected chi connectivity index (χ4v) is 2.55. The van der Waals surface area contributed by atoms with E-state index in [1.165, 1.54) is 23.8 Å². The van der Waals surface area contributed by atoms with Gasteiger partial charge in [0.05, 0.1) is 0 Å². The molecule has 0 aliphatic carbocycles. The molecule has 1 unspecified atom stereocenters. The Bertz CT molecular complexity index is 212. The number of rotatable bonds is 4. The SMILES string of the molecule is CC(C)CCN=C1NC(C(C)C)CCS1. The molecule has 0 aromatic heterocycles. The van der Waals surface area contributed by atoms with E-state index >= 15 is 0 Å². The summed E-state index contributed by atoms with van der Waals surface area (Å²) in [6.07, 6.45) is 2.46. The van der Waals surface area contributed by atoms with Gasteiger partial charge < -0.3 is 5.32 Å².